The van der Waals surface area contributed by atoms with Crippen molar-refractivity contribution in [1.82, 2.24) is 10.6 Å². The van der Waals surface area contributed by atoms with Crippen molar-refractivity contribution in [3.8, 4) is 5.75 Å². The Morgan fingerprint density at radius 1 is 1.21 bits per heavy atom. The number of ether oxygens (including phenoxy) is 1. The van der Waals surface area contributed by atoms with Gasteiger partial charge in [0.15, 0.2) is 5.75 Å². The molecule has 0 fully saturated rings. The Morgan fingerprint density at radius 2 is 1.90 bits per heavy atom. The molecule has 0 bridgehead atoms. The van der Waals surface area contributed by atoms with Crippen LogP contribution in [0.15, 0.2) is 54.1 Å². The first-order valence-electron chi connectivity index (χ1n) is 8.83. The van der Waals surface area contributed by atoms with Crippen LogP contribution in [0.5, 0.6) is 5.75 Å². The summed E-state index contributed by atoms with van der Waals surface area (Å²) in [5.74, 6) is -1.19. The van der Waals surface area contributed by atoms with Gasteiger partial charge < -0.3 is 20.5 Å². The first kappa shape index (κ1) is 19.9. The summed E-state index contributed by atoms with van der Waals surface area (Å²) in [6.07, 6.45) is -0.417. The summed E-state index contributed by atoms with van der Waals surface area (Å²) < 4.78 is 5.36. The average Bonchev–Trinajstić information content (AvgIpc) is 2.67. The number of nitro benzene ring substituents is 1. The summed E-state index contributed by atoms with van der Waals surface area (Å²) in [5, 5.41) is 26.2. The van der Waals surface area contributed by atoms with E-state index < -0.39 is 40.5 Å². The van der Waals surface area contributed by atoms with Gasteiger partial charge in [-0.1, -0.05) is 36.4 Å². The van der Waals surface area contributed by atoms with Crippen molar-refractivity contribution >= 4 is 23.4 Å². The number of phenols is 1. The number of rotatable bonds is 5. The second kappa shape index (κ2) is 8.01. The van der Waals surface area contributed by atoms with Gasteiger partial charge >= 0.3 is 17.7 Å². The van der Waals surface area contributed by atoms with Crippen molar-refractivity contribution in [3.05, 3.63) is 75.3 Å². The highest BCUT2D eigenvalue weighted by Gasteiger charge is 2.35. The fourth-order valence-corrected chi connectivity index (χ4v) is 3.01. The van der Waals surface area contributed by atoms with E-state index in [2.05, 4.69) is 10.6 Å². The lowest BCUT2D eigenvalue weighted by atomic mass is 9.92. The fourth-order valence-electron chi connectivity index (χ4n) is 3.01. The summed E-state index contributed by atoms with van der Waals surface area (Å²) in [4.78, 5) is 35.7. The molecule has 150 valence electrons. The third-order valence-electron chi connectivity index (χ3n) is 4.23. The lowest BCUT2D eigenvalue weighted by Crippen LogP contribution is -2.45. The fraction of sp³-hybridized carbons (Fsp3) is 0.200. The summed E-state index contributed by atoms with van der Waals surface area (Å²) in [6.45, 7) is 3.38. The number of hydrogen-bond donors (Lipinski definition) is 3. The van der Waals surface area contributed by atoms with Crippen LogP contribution in [0.2, 0.25) is 0 Å². The van der Waals surface area contributed by atoms with Gasteiger partial charge in [-0.3, -0.25) is 10.1 Å². The van der Waals surface area contributed by atoms with E-state index in [4.69, 9.17) is 4.74 Å². The van der Waals surface area contributed by atoms with E-state index in [0.717, 1.165) is 12.1 Å². The highest BCUT2D eigenvalue weighted by Crippen LogP contribution is 2.36. The first-order valence-corrected chi connectivity index (χ1v) is 8.83. The molecule has 2 aromatic carbocycles. The SMILES string of the molecule is CC(C)OC(=O)C1=C(c2ccccc2)NC(=O)NC1c1ccc(O)c([N+](=O)[O-])c1. The third-order valence-corrected chi connectivity index (χ3v) is 4.23. The second-order valence-electron chi connectivity index (χ2n) is 6.65. The maximum Gasteiger partial charge on any atom is 0.338 e. The molecule has 9 heteroatoms. The van der Waals surface area contributed by atoms with Gasteiger partial charge in [0.05, 0.1) is 28.3 Å². The molecular weight excluding hydrogens is 378 g/mol. The molecule has 0 saturated carbocycles. The molecule has 3 rings (SSSR count). The van der Waals surface area contributed by atoms with Gasteiger partial charge in [-0.15, -0.1) is 0 Å². The molecular formula is C20H19N3O6. The van der Waals surface area contributed by atoms with Gasteiger partial charge in [0.1, 0.15) is 0 Å². The Bertz CT molecular complexity index is 1000. The molecule has 2 aromatic rings. The molecule has 0 spiro atoms. The van der Waals surface area contributed by atoms with Gasteiger partial charge in [-0.25, -0.2) is 9.59 Å². The maximum absolute atomic E-state index is 12.9. The number of carbonyl (C=O) groups is 2. The zero-order valence-electron chi connectivity index (χ0n) is 15.7. The number of phenolic OH excluding ortho intramolecular Hbond substituents is 1. The lowest BCUT2D eigenvalue weighted by Gasteiger charge is -2.30. The van der Waals surface area contributed by atoms with Crippen molar-refractivity contribution in [1.29, 1.82) is 0 Å². The largest absolute Gasteiger partial charge is 0.502 e. The normalized spacial score (nSPS) is 16.2. The summed E-state index contributed by atoms with van der Waals surface area (Å²) >= 11 is 0. The van der Waals surface area contributed by atoms with E-state index in [1.807, 2.05) is 0 Å². The van der Waals surface area contributed by atoms with E-state index in [0.29, 0.717) is 5.56 Å². The minimum absolute atomic E-state index is 0.101. The number of amides is 2. The minimum atomic E-state index is -1.01. The average molecular weight is 397 g/mol. The molecule has 1 atom stereocenters. The predicted molar refractivity (Wildman–Crippen MR) is 104 cm³/mol. The van der Waals surface area contributed by atoms with E-state index >= 15 is 0 Å². The number of nitro groups is 1. The minimum Gasteiger partial charge on any atom is -0.502 e. The number of nitrogens with one attached hydrogen (secondary N) is 2. The summed E-state index contributed by atoms with van der Waals surface area (Å²) in [6, 6.07) is 10.8. The molecule has 0 radical (unpaired) electrons. The monoisotopic (exact) mass is 397 g/mol. The standard InChI is InChI=1S/C20H19N3O6/c1-11(2)29-19(25)16-17(12-6-4-3-5-7-12)21-20(26)22-18(16)13-8-9-15(24)14(10-13)23(27)28/h3-11,18,24H,1-2H3,(H2,21,22,26). The quantitative estimate of drug-likeness (QED) is 0.404. The van der Waals surface area contributed by atoms with Crippen LogP contribution in [-0.4, -0.2) is 28.1 Å². The van der Waals surface area contributed by atoms with Crippen LogP contribution < -0.4 is 10.6 Å². The van der Waals surface area contributed by atoms with Crippen molar-refractivity contribution < 1.29 is 24.4 Å². The molecule has 1 heterocycles. The number of urea groups is 1. The van der Waals surface area contributed by atoms with Crippen LogP contribution in [0.1, 0.15) is 31.0 Å². The maximum atomic E-state index is 12.9. The van der Waals surface area contributed by atoms with E-state index in [1.165, 1.54) is 6.07 Å². The smallest absolute Gasteiger partial charge is 0.338 e. The van der Waals surface area contributed by atoms with Crippen LogP contribution in [-0.2, 0) is 9.53 Å². The Labute approximate surface area is 166 Å². The first-order chi connectivity index (χ1) is 13.8. The molecule has 0 aromatic heterocycles. The topological polar surface area (TPSA) is 131 Å². The Balaban J connectivity index is 2.20. The van der Waals surface area contributed by atoms with Gasteiger partial charge in [-0.2, -0.15) is 0 Å². The Hall–Kier alpha value is -3.88. The van der Waals surface area contributed by atoms with Gasteiger partial charge in [-0.05, 0) is 31.0 Å². The lowest BCUT2D eigenvalue weighted by molar-refractivity contribution is -0.385. The highest BCUT2D eigenvalue weighted by molar-refractivity contribution is 6.04. The van der Waals surface area contributed by atoms with E-state index in [9.17, 15) is 24.8 Å². The van der Waals surface area contributed by atoms with Crippen molar-refractivity contribution in [2.75, 3.05) is 0 Å². The summed E-state index contributed by atoms with van der Waals surface area (Å²) in [7, 11) is 0. The van der Waals surface area contributed by atoms with Gasteiger partial charge in [0, 0.05) is 6.07 Å². The summed E-state index contributed by atoms with van der Waals surface area (Å²) in [5.41, 5.74) is 0.656. The molecule has 3 N–H and O–H groups in total. The van der Waals surface area contributed by atoms with Crippen LogP contribution in [0.25, 0.3) is 5.70 Å². The number of carbonyl (C=O) groups excluding carboxylic acids is 2. The zero-order valence-corrected chi connectivity index (χ0v) is 15.7. The van der Waals surface area contributed by atoms with Gasteiger partial charge in [0.2, 0.25) is 0 Å². The molecule has 9 nitrogen and oxygen atoms in total. The van der Waals surface area contributed by atoms with Crippen LogP contribution >= 0.6 is 0 Å². The second-order valence-corrected chi connectivity index (χ2v) is 6.65. The molecule has 29 heavy (non-hydrogen) atoms. The molecule has 2 amide bonds. The number of esters is 1. The number of hydrogen-bond acceptors (Lipinski definition) is 6. The van der Waals surface area contributed by atoms with Crippen LogP contribution in [0.3, 0.4) is 0 Å². The molecule has 1 aliphatic heterocycles. The highest BCUT2D eigenvalue weighted by atomic mass is 16.6. The van der Waals surface area contributed by atoms with Crippen LogP contribution in [0.4, 0.5) is 10.5 Å². The number of benzene rings is 2. The molecule has 1 unspecified atom stereocenters. The van der Waals surface area contributed by atoms with Crippen LogP contribution in [0, 0.1) is 10.1 Å². The molecule has 0 aliphatic carbocycles. The van der Waals surface area contributed by atoms with Gasteiger partial charge in [0.25, 0.3) is 0 Å². The zero-order chi connectivity index (χ0) is 21.1. The number of aromatic hydroxyl groups is 1. The molecule has 0 saturated heterocycles. The van der Waals surface area contributed by atoms with Crippen molar-refractivity contribution in [2.45, 2.75) is 26.0 Å². The Morgan fingerprint density at radius 3 is 2.52 bits per heavy atom. The number of nitrogens with zero attached hydrogens (tertiary/aromatic N) is 1. The Kier molecular flexibility index (Phi) is 5.49. The molecule has 1 aliphatic rings. The van der Waals surface area contributed by atoms with E-state index in [-0.39, 0.29) is 16.8 Å². The van der Waals surface area contributed by atoms with Crippen molar-refractivity contribution in [2.24, 2.45) is 0 Å². The predicted octanol–water partition coefficient (Wildman–Crippen LogP) is 3.02. The van der Waals surface area contributed by atoms with Crippen molar-refractivity contribution in [3.63, 3.8) is 0 Å². The van der Waals surface area contributed by atoms with E-state index in [1.54, 1.807) is 44.2 Å². The third kappa shape index (κ3) is 4.18.